The number of carbonyl (C=O) groups is 1. The minimum atomic E-state index is -1.35. The fourth-order valence-electron chi connectivity index (χ4n) is 9.28. The van der Waals surface area contributed by atoms with Gasteiger partial charge in [0.25, 0.3) is 0 Å². The van der Waals surface area contributed by atoms with E-state index in [0.717, 1.165) is 41.6 Å². The zero-order chi connectivity index (χ0) is 55.7. The van der Waals surface area contributed by atoms with Crippen LogP contribution in [-0.2, 0) is 24.0 Å². The molecule has 0 spiro atoms. The molecule has 2 aromatic heterocycles. The Labute approximate surface area is 466 Å². The quantitative estimate of drug-likeness (QED) is 0.0167. The number of thioether (sulfide) groups is 1. The van der Waals surface area contributed by atoms with Crippen LogP contribution in [0.1, 0.15) is 152 Å². The van der Waals surface area contributed by atoms with E-state index in [9.17, 15) is 10.1 Å². The first-order chi connectivity index (χ1) is 37.1. The number of aryl methyl sites for hydroxylation is 2. The van der Waals surface area contributed by atoms with Crippen LogP contribution in [-0.4, -0.2) is 56.7 Å². The maximum atomic E-state index is 14.1. The van der Waals surface area contributed by atoms with E-state index in [1.54, 1.807) is 11.8 Å². The molecule has 1 aliphatic rings. The molecule has 0 saturated carbocycles. The average molecular weight is 1080 g/mol. The third-order valence-electron chi connectivity index (χ3n) is 12.7. The van der Waals surface area contributed by atoms with E-state index < -0.39 is 20.0 Å². The van der Waals surface area contributed by atoms with E-state index in [-0.39, 0.29) is 43.5 Å². The molecule has 1 N–H and O–H groups in total. The number of fused-ring (bicyclic) bond motifs is 1. The van der Waals surface area contributed by atoms with Crippen LogP contribution in [0.25, 0.3) is 11.2 Å². The maximum Gasteiger partial charge on any atom is 0.226 e. The summed E-state index contributed by atoms with van der Waals surface area (Å²) in [6.45, 7) is 23.4. The van der Waals surface area contributed by atoms with E-state index in [0.29, 0.717) is 47.8 Å². The number of aromatic nitrogens is 4. The highest BCUT2D eigenvalue weighted by Crippen LogP contribution is 2.49. The Morgan fingerprint density at radius 3 is 2.05 bits per heavy atom. The van der Waals surface area contributed by atoms with Crippen molar-refractivity contribution in [2.45, 2.75) is 156 Å². The molecule has 12 heteroatoms. The molecule has 3 heterocycles. The molecule has 6 aromatic rings. The van der Waals surface area contributed by atoms with Crippen molar-refractivity contribution in [2.75, 3.05) is 24.3 Å². The number of imidazole rings is 1. The highest BCUT2D eigenvalue weighted by molar-refractivity contribution is 7.99. The number of ether oxygens (including phenoxy) is 1. The van der Waals surface area contributed by atoms with Crippen molar-refractivity contribution in [2.24, 2.45) is 11.8 Å². The number of anilines is 1. The van der Waals surface area contributed by atoms with Crippen LogP contribution in [0.4, 0.5) is 5.82 Å². The molecule has 7 rings (SSSR count). The molecule has 1 aliphatic heterocycles. The van der Waals surface area contributed by atoms with Gasteiger partial charge in [-0.3, -0.25) is 9.36 Å². The first-order valence-corrected chi connectivity index (χ1v) is 29.9. The first kappa shape index (κ1) is 61.9. The fourth-order valence-corrected chi connectivity index (χ4v) is 11.3. The highest BCUT2D eigenvalue weighted by atomic mass is 32.2. The SMILES string of the molecule is C#CCCCCSc1nc2c(NC(=O)CC(C(/C=C\C)=C/C)c3ccccc3)ncnc2n1C1CC(OP(C)OCCC#N)C(CCC(c2ccccc2)(c2ccc(C)cc2)c2ccc(C)cc2)O1.CC(C)C.CC(C)C. The molecule has 5 atom stereocenters. The second kappa shape index (κ2) is 32.1. The monoisotopic (exact) mass is 1070 g/mol. The molecule has 408 valence electrons. The third kappa shape index (κ3) is 18.3. The molecule has 1 fully saturated rings. The number of amides is 1. The Morgan fingerprint density at radius 2 is 1.48 bits per heavy atom. The Morgan fingerprint density at radius 1 is 0.883 bits per heavy atom. The van der Waals surface area contributed by atoms with Crippen LogP contribution in [0.2, 0.25) is 0 Å². The van der Waals surface area contributed by atoms with Gasteiger partial charge in [-0.2, -0.15) is 5.26 Å². The Bertz CT molecular complexity index is 2800. The van der Waals surface area contributed by atoms with Crippen molar-refractivity contribution < 1.29 is 18.6 Å². The number of terminal acetylenes is 1. The minimum Gasteiger partial charge on any atom is -0.352 e. The van der Waals surface area contributed by atoms with Gasteiger partial charge in [0.15, 0.2) is 30.5 Å². The second-order valence-electron chi connectivity index (χ2n) is 20.9. The molecule has 0 aliphatic carbocycles. The molecule has 0 bridgehead atoms. The van der Waals surface area contributed by atoms with Gasteiger partial charge in [-0.15, -0.1) is 12.3 Å². The van der Waals surface area contributed by atoms with Gasteiger partial charge >= 0.3 is 0 Å². The summed E-state index contributed by atoms with van der Waals surface area (Å²) in [5.41, 5.74) is 8.59. The zero-order valence-electron chi connectivity index (χ0n) is 47.5. The van der Waals surface area contributed by atoms with Crippen LogP contribution in [0.5, 0.6) is 0 Å². The van der Waals surface area contributed by atoms with Gasteiger partial charge in [-0.25, -0.2) is 15.0 Å². The Balaban J connectivity index is 0.00000128. The van der Waals surface area contributed by atoms with Gasteiger partial charge in [0, 0.05) is 43.0 Å². The lowest BCUT2D eigenvalue weighted by Crippen LogP contribution is -2.33. The lowest BCUT2D eigenvalue weighted by atomic mass is 9.66. The standard InChI is InChI=1S/C57H63N6O4PS.2C4H10/c1-7-10-11-18-37-69-56-62-53-54(61-51(64)38-48(43(9-3)20-8-2)44-21-14-12-15-22-44)59-40-60-55(53)63(56)52-39-50(67-68(6)65-36-19-35-58)49(66-52)33-34-57(45-23-16-13-17-24-45,46-29-25-41(4)26-30-46)47-31-27-42(5)28-32-47;2*1-4(2)3/h1,8-9,12-17,20-32,40,48-50,52H,10-11,18-19,33-34,36-39H2,2-6H3,(H,59,60,61,64);2*4H,1-3H3/b20-8-,43-9+;;. The van der Waals surface area contributed by atoms with Gasteiger partial charge in [0.1, 0.15) is 12.6 Å². The fraction of sp³-hybridized carbons (Fsp3) is 0.431. The van der Waals surface area contributed by atoms with Crippen molar-refractivity contribution in [1.82, 2.24) is 19.5 Å². The summed E-state index contributed by atoms with van der Waals surface area (Å²) in [6.07, 6.45) is 16.8. The third-order valence-corrected chi connectivity index (χ3v) is 14.9. The number of allylic oxidation sites excluding steroid dienone is 4. The summed E-state index contributed by atoms with van der Waals surface area (Å²) < 4.78 is 22.2. The van der Waals surface area contributed by atoms with Gasteiger partial charge < -0.3 is 19.1 Å². The number of nitrogens with zero attached hydrogens (tertiary/aromatic N) is 5. The summed E-state index contributed by atoms with van der Waals surface area (Å²) in [7, 11) is -1.35. The number of nitriles is 1. The molecule has 4 aromatic carbocycles. The highest BCUT2D eigenvalue weighted by Gasteiger charge is 2.44. The van der Waals surface area contributed by atoms with E-state index in [2.05, 4.69) is 185 Å². The molecular weight excluding hydrogens is 992 g/mol. The van der Waals surface area contributed by atoms with Gasteiger partial charge in [0.2, 0.25) is 5.91 Å². The van der Waals surface area contributed by atoms with Crippen molar-refractivity contribution >= 4 is 43.0 Å². The number of carbonyl (C=O) groups excluding carboxylic acids is 1. The summed E-state index contributed by atoms with van der Waals surface area (Å²) in [5.74, 6) is 5.18. The minimum absolute atomic E-state index is 0.164. The number of rotatable bonds is 23. The van der Waals surface area contributed by atoms with Crippen molar-refractivity contribution in [3.63, 3.8) is 0 Å². The summed E-state index contributed by atoms with van der Waals surface area (Å²) in [5, 5.41) is 13.1. The van der Waals surface area contributed by atoms with E-state index in [1.807, 2.05) is 44.8 Å². The van der Waals surface area contributed by atoms with E-state index in [1.165, 1.54) is 34.1 Å². The first-order valence-electron chi connectivity index (χ1n) is 27.3. The smallest absolute Gasteiger partial charge is 0.226 e. The summed E-state index contributed by atoms with van der Waals surface area (Å²) >= 11 is 1.62. The van der Waals surface area contributed by atoms with E-state index in [4.69, 9.17) is 30.2 Å². The zero-order valence-corrected chi connectivity index (χ0v) is 49.2. The number of hydrogen-bond acceptors (Lipinski definition) is 9. The van der Waals surface area contributed by atoms with Crippen LogP contribution < -0.4 is 5.32 Å². The topological polar surface area (TPSA) is 124 Å². The largest absolute Gasteiger partial charge is 0.352 e. The van der Waals surface area contributed by atoms with E-state index >= 15 is 0 Å². The predicted octanol–water partition coefficient (Wildman–Crippen LogP) is 16.7. The van der Waals surface area contributed by atoms with Gasteiger partial charge in [0.05, 0.1) is 31.3 Å². The second-order valence-corrected chi connectivity index (χ2v) is 23.3. The van der Waals surface area contributed by atoms with Crippen LogP contribution in [0.15, 0.2) is 144 Å². The van der Waals surface area contributed by atoms with Crippen molar-refractivity contribution in [3.05, 3.63) is 173 Å². The molecular formula is C65H83N6O4PS. The Kier molecular flexibility index (Phi) is 25.8. The maximum absolute atomic E-state index is 14.1. The molecule has 1 amide bonds. The van der Waals surface area contributed by atoms with Crippen molar-refractivity contribution in [3.8, 4) is 18.4 Å². The van der Waals surface area contributed by atoms with Crippen LogP contribution in [0.3, 0.4) is 0 Å². The summed E-state index contributed by atoms with van der Waals surface area (Å²) in [4.78, 5) is 28.7. The Hall–Kier alpha value is -5.91. The molecule has 1 saturated heterocycles. The molecule has 5 unspecified atom stereocenters. The van der Waals surface area contributed by atoms with Crippen LogP contribution >= 0.6 is 20.1 Å². The lowest BCUT2D eigenvalue weighted by molar-refractivity contribution is -0.116. The molecule has 77 heavy (non-hydrogen) atoms. The predicted molar refractivity (Wildman–Crippen MR) is 321 cm³/mol. The normalized spacial score (nSPS) is 16.3. The van der Waals surface area contributed by atoms with Gasteiger partial charge in [-0.1, -0.05) is 192 Å². The molecule has 10 nitrogen and oxygen atoms in total. The number of hydrogen-bond donors (Lipinski definition) is 1. The van der Waals surface area contributed by atoms with Crippen LogP contribution in [0, 0.1) is 49.4 Å². The lowest BCUT2D eigenvalue weighted by Gasteiger charge is -2.37. The van der Waals surface area contributed by atoms with Gasteiger partial charge in [-0.05, 0) is 93.0 Å². The summed E-state index contributed by atoms with van der Waals surface area (Å²) in [6, 6.07) is 40.8. The number of benzene rings is 4. The van der Waals surface area contributed by atoms with Crippen molar-refractivity contribution in [1.29, 1.82) is 5.26 Å². The average Bonchev–Trinajstić information content (AvgIpc) is 4.00. The number of unbranched alkanes of at least 4 members (excludes halogenated alkanes) is 2. The molecule has 0 radical (unpaired) electrons. The number of nitrogens with one attached hydrogen (secondary N) is 1.